The molecule has 1 unspecified atom stereocenters. The molecule has 5 heteroatoms. The van der Waals surface area contributed by atoms with Crippen LogP contribution < -0.4 is 5.32 Å². The summed E-state index contributed by atoms with van der Waals surface area (Å²) in [5.41, 5.74) is 1.52. The lowest BCUT2D eigenvalue weighted by Crippen LogP contribution is -2.51. The van der Waals surface area contributed by atoms with Gasteiger partial charge in [0.05, 0.1) is 22.5 Å². The van der Waals surface area contributed by atoms with Crippen molar-refractivity contribution in [3.8, 4) is 0 Å². The molecule has 21 heavy (non-hydrogen) atoms. The Balaban J connectivity index is 3.08. The van der Waals surface area contributed by atoms with Crippen LogP contribution >= 0.6 is 11.6 Å². The van der Waals surface area contributed by atoms with Gasteiger partial charge in [-0.1, -0.05) is 25.4 Å². The topological polar surface area (TPSA) is 66.4 Å². The van der Waals surface area contributed by atoms with Crippen LogP contribution in [0, 0.1) is 19.8 Å². The van der Waals surface area contributed by atoms with E-state index in [9.17, 15) is 9.59 Å². The molecule has 4 nitrogen and oxygen atoms in total. The number of amides is 1. The third kappa shape index (κ3) is 4.21. The second kappa shape index (κ2) is 6.48. The van der Waals surface area contributed by atoms with Gasteiger partial charge in [0.15, 0.2) is 0 Å². The van der Waals surface area contributed by atoms with Crippen molar-refractivity contribution < 1.29 is 14.7 Å². The molecule has 1 aromatic carbocycles. The third-order valence-electron chi connectivity index (χ3n) is 4.02. The highest BCUT2D eigenvalue weighted by Gasteiger charge is 2.33. The molecule has 0 aliphatic carbocycles. The maximum Gasteiger partial charge on any atom is 0.305 e. The van der Waals surface area contributed by atoms with E-state index in [0.717, 1.165) is 11.1 Å². The zero-order valence-electron chi connectivity index (χ0n) is 13.1. The third-order valence-corrected chi connectivity index (χ3v) is 4.33. The molecule has 0 aliphatic rings. The number of benzene rings is 1. The van der Waals surface area contributed by atoms with Gasteiger partial charge in [0, 0.05) is 0 Å². The van der Waals surface area contributed by atoms with Crippen LogP contribution in [0.15, 0.2) is 12.1 Å². The van der Waals surface area contributed by atoms with Gasteiger partial charge in [-0.3, -0.25) is 9.59 Å². The highest BCUT2D eigenvalue weighted by Crippen LogP contribution is 2.25. The van der Waals surface area contributed by atoms with Crippen LogP contribution in [0.4, 0.5) is 0 Å². The van der Waals surface area contributed by atoms with Crippen molar-refractivity contribution >= 4 is 23.5 Å². The SMILES string of the molecule is Cc1cc(Cl)c(C(=O)NC(C)(CC(=O)O)C(C)C)cc1C. The summed E-state index contributed by atoms with van der Waals surface area (Å²) in [7, 11) is 0. The van der Waals surface area contributed by atoms with Gasteiger partial charge < -0.3 is 10.4 Å². The molecule has 116 valence electrons. The van der Waals surface area contributed by atoms with Gasteiger partial charge in [0.2, 0.25) is 0 Å². The molecule has 0 spiro atoms. The number of carbonyl (C=O) groups excluding carboxylic acids is 1. The predicted molar refractivity (Wildman–Crippen MR) is 83.9 cm³/mol. The summed E-state index contributed by atoms with van der Waals surface area (Å²) in [6, 6.07) is 3.48. The lowest BCUT2D eigenvalue weighted by atomic mass is 9.85. The van der Waals surface area contributed by atoms with Gasteiger partial charge in [-0.2, -0.15) is 0 Å². The number of carboxylic acid groups (broad SMARTS) is 1. The fourth-order valence-electron chi connectivity index (χ4n) is 1.99. The number of rotatable bonds is 5. The number of aryl methyl sites for hydroxylation is 2. The molecule has 0 fully saturated rings. The first-order valence-corrected chi connectivity index (χ1v) is 7.25. The zero-order chi connectivity index (χ0) is 16.4. The first-order chi connectivity index (χ1) is 9.56. The first kappa shape index (κ1) is 17.5. The Morgan fingerprint density at radius 3 is 2.29 bits per heavy atom. The van der Waals surface area contributed by atoms with E-state index in [1.165, 1.54) is 0 Å². The second-order valence-electron chi connectivity index (χ2n) is 6.01. The second-order valence-corrected chi connectivity index (χ2v) is 6.42. The van der Waals surface area contributed by atoms with Crippen LogP contribution in [-0.4, -0.2) is 22.5 Å². The molecular weight excluding hydrogens is 290 g/mol. The van der Waals surface area contributed by atoms with Crippen molar-refractivity contribution in [1.82, 2.24) is 5.32 Å². The number of carbonyl (C=O) groups is 2. The van der Waals surface area contributed by atoms with Crippen LogP contribution in [-0.2, 0) is 4.79 Å². The minimum absolute atomic E-state index is 0.0251. The molecule has 0 aliphatic heterocycles. The van der Waals surface area contributed by atoms with Gasteiger partial charge >= 0.3 is 5.97 Å². The van der Waals surface area contributed by atoms with E-state index in [-0.39, 0.29) is 18.2 Å². The van der Waals surface area contributed by atoms with Crippen molar-refractivity contribution in [3.63, 3.8) is 0 Å². The van der Waals surface area contributed by atoms with Crippen LogP contribution in [0.1, 0.15) is 48.7 Å². The van der Waals surface area contributed by atoms with Crippen LogP contribution in [0.25, 0.3) is 0 Å². The highest BCUT2D eigenvalue weighted by atomic mass is 35.5. The van der Waals surface area contributed by atoms with Gasteiger partial charge in [-0.25, -0.2) is 0 Å². The standard InChI is InChI=1S/C16H22ClNO3/c1-9(2)16(5,8-14(19)20)18-15(21)12-6-10(3)11(4)7-13(12)17/h6-7,9H,8H2,1-5H3,(H,18,21)(H,19,20). The molecule has 0 heterocycles. The maximum absolute atomic E-state index is 12.4. The number of aliphatic carboxylic acids is 1. The van der Waals surface area contributed by atoms with Crippen molar-refractivity contribution in [2.45, 2.75) is 46.6 Å². The normalized spacial score (nSPS) is 13.9. The molecule has 1 aromatic rings. The predicted octanol–water partition coefficient (Wildman–Crippen LogP) is 3.58. The molecule has 1 atom stereocenters. The molecule has 0 bridgehead atoms. The molecule has 0 radical (unpaired) electrons. The summed E-state index contributed by atoms with van der Waals surface area (Å²) in [6.07, 6.45) is -0.140. The van der Waals surface area contributed by atoms with Gasteiger partial charge in [-0.15, -0.1) is 0 Å². The van der Waals surface area contributed by atoms with Gasteiger partial charge in [-0.05, 0) is 49.9 Å². The first-order valence-electron chi connectivity index (χ1n) is 6.88. The average Bonchev–Trinajstić information content (AvgIpc) is 2.32. The molecule has 0 saturated heterocycles. The van der Waals surface area contributed by atoms with E-state index in [1.54, 1.807) is 19.1 Å². The minimum atomic E-state index is -0.947. The molecular formula is C16H22ClNO3. The summed E-state index contributed by atoms with van der Waals surface area (Å²) in [4.78, 5) is 23.5. The van der Waals surface area contributed by atoms with Crippen LogP contribution in [0.3, 0.4) is 0 Å². The van der Waals surface area contributed by atoms with Gasteiger partial charge in [0.25, 0.3) is 5.91 Å². The summed E-state index contributed by atoms with van der Waals surface area (Å²) in [5.74, 6) is -1.32. The van der Waals surface area contributed by atoms with Gasteiger partial charge in [0.1, 0.15) is 0 Å². The van der Waals surface area contributed by atoms with E-state index < -0.39 is 11.5 Å². The van der Waals surface area contributed by atoms with E-state index in [4.69, 9.17) is 16.7 Å². The van der Waals surface area contributed by atoms with Crippen molar-refractivity contribution in [2.24, 2.45) is 5.92 Å². The number of carboxylic acids is 1. The lowest BCUT2D eigenvalue weighted by Gasteiger charge is -2.33. The summed E-state index contributed by atoms with van der Waals surface area (Å²) in [5, 5.41) is 12.2. The zero-order valence-corrected chi connectivity index (χ0v) is 13.8. The van der Waals surface area contributed by atoms with Crippen molar-refractivity contribution in [3.05, 3.63) is 33.8 Å². The van der Waals surface area contributed by atoms with E-state index in [1.807, 2.05) is 27.7 Å². The summed E-state index contributed by atoms with van der Waals surface area (Å²) >= 11 is 6.13. The van der Waals surface area contributed by atoms with E-state index in [0.29, 0.717) is 10.6 Å². The molecule has 0 saturated carbocycles. The Morgan fingerprint density at radius 1 is 1.29 bits per heavy atom. The van der Waals surface area contributed by atoms with Crippen molar-refractivity contribution in [2.75, 3.05) is 0 Å². The maximum atomic E-state index is 12.4. The summed E-state index contributed by atoms with van der Waals surface area (Å²) < 4.78 is 0. The molecule has 0 aromatic heterocycles. The fourth-order valence-corrected chi connectivity index (χ4v) is 2.29. The number of hydrogen-bond donors (Lipinski definition) is 2. The largest absolute Gasteiger partial charge is 0.481 e. The Bertz CT molecular complexity index is 569. The Labute approximate surface area is 130 Å². The number of nitrogens with one attached hydrogen (secondary N) is 1. The quantitative estimate of drug-likeness (QED) is 0.873. The van der Waals surface area contributed by atoms with Crippen LogP contribution in [0.5, 0.6) is 0 Å². The monoisotopic (exact) mass is 311 g/mol. The van der Waals surface area contributed by atoms with E-state index >= 15 is 0 Å². The fraction of sp³-hybridized carbons (Fsp3) is 0.500. The average molecular weight is 312 g/mol. The molecule has 1 amide bonds. The Morgan fingerprint density at radius 2 is 1.81 bits per heavy atom. The number of halogens is 1. The minimum Gasteiger partial charge on any atom is -0.481 e. The highest BCUT2D eigenvalue weighted by molar-refractivity contribution is 6.34. The van der Waals surface area contributed by atoms with Crippen LogP contribution in [0.2, 0.25) is 5.02 Å². The smallest absolute Gasteiger partial charge is 0.305 e. The van der Waals surface area contributed by atoms with Crippen molar-refractivity contribution in [1.29, 1.82) is 0 Å². The Kier molecular flexibility index (Phi) is 5.40. The number of hydrogen-bond acceptors (Lipinski definition) is 2. The Hall–Kier alpha value is -1.55. The lowest BCUT2D eigenvalue weighted by molar-refractivity contribution is -0.138. The summed E-state index contributed by atoms with van der Waals surface area (Å²) in [6.45, 7) is 9.32. The molecule has 1 rings (SSSR count). The van der Waals surface area contributed by atoms with E-state index in [2.05, 4.69) is 5.32 Å². The molecule has 2 N–H and O–H groups in total.